The molecule has 1 fully saturated rings. The third-order valence-electron chi connectivity index (χ3n) is 4.95. The number of nitrogens with one attached hydrogen (secondary N) is 2. The highest BCUT2D eigenvalue weighted by atomic mass is 19.1. The molecular weight excluding hydrogens is 419 g/mol. The summed E-state index contributed by atoms with van der Waals surface area (Å²) in [6.07, 6.45) is 2.64. The van der Waals surface area contributed by atoms with Gasteiger partial charge in [-0.1, -0.05) is 18.2 Å². The lowest BCUT2D eigenvalue weighted by Gasteiger charge is -2.36. The van der Waals surface area contributed by atoms with Crippen LogP contribution in [0, 0.1) is 15.9 Å². The molecule has 1 aliphatic heterocycles. The van der Waals surface area contributed by atoms with Gasteiger partial charge in [0.05, 0.1) is 10.6 Å². The van der Waals surface area contributed by atoms with Gasteiger partial charge in [-0.05, 0) is 24.3 Å². The van der Waals surface area contributed by atoms with Crippen molar-refractivity contribution in [2.45, 2.75) is 0 Å². The molecule has 4 rings (SSSR count). The standard InChI is InChI=1S/C20H19FN8O3/c21-14-5-1-2-7-16(14)27-9-11-28(12-10-27)19-17(29(31)32)18(23-13-24-19)25-26-20(30)15-6-3-4-8-22-15/h1-8,13H,9-12H2,(H,26,30)(H,23,24,25). The first-order valence-corrected chi connectivity index (χ1v) is 9.76. The number of piperazine rings is 1. The van der Waals surface area contributed by atoms with Gasteiger partial charge in [-0.3, -0.25) is 30.7 Å². The summed E-state index contributed by atoms with van der Waals surface area (Å²) in [5.74, 6) is -0.920. The Labute approximate surface area is 182 Å². The average Bonchev–Trinajstić information content (AvgIpc) is 2.83. The smallest absolute Gasteiger partial charge is 0.355 e. The molecule has 0 radical (unpaired) electrons. The van der Waals surface area contributed by atoms with Gasteiger partial charge in [0.2, 0.25) is 11.6 Å². The molecule has 0 aliphatic carbocycles. The van der Waals surface area contributed by atoms with E-state index in [1.54, 1.807) is 35.2 Å². The number of anilines is 3. The number of benzene rings is 1. The van der Waals surface area contributed by atoms with Crippen molar-refractivity contribution in [3.8, 4) is 0 Å². The molecule has 164 valence electrons. The maximum absolute atomic E-state index is 14.1. The minimum atomic E-state index is -0.603. The average molecular weight is 438 g/mol. The van der Waals surface area contributed by atoms with E-state index in [9.17, 15) is 19.3 Å². The van der Waals surface area contributed by atoms with Gasteiger partial charge in [0.25, 0.3) is 5.91 Å². The van der Waals surface area contributed by atoms with E-state index in [0.29, 0.717) is 31.9 Å². The van der Waals surface area contributed by atoms with Crippen molar-refractivity contribution in [3.05, 3.63) is 76.6 Å². The number of hydrazine groups is 1. The van der Waals surface area contributed by atoms with Gasteiger partial charge in [-0.25, -0.2) is 14.4 Å². The van der Waals surface area contributed by atoms with Gasteiger partial charge in [0.15, 0.2) is 0 Å². The monoisotopic (exact) mass is 438 g/mol. The second-order valence-electron chi connectivity index (χ2n) is 6.87. The van der Waals surface area contributed by atoms with Gasteiger partial charge < -0.3 is 9.80 Å². The normalized spacial score (nSPS) is 13.5. The lowest BCUT2D eigenvalue weighted by atomic mass is 10.2. The summed E-state index contributed by atoms with van der Waals surface area (Å²) in [5.41, 5.74) is 5.12. The third kappa shape index (κ3) is 4.38. The van der Waals surface area contributed by atoms with Crippen molar-refractivity contribution in [1.82, 2.24) is 20.4 Å². The molecule has 12 heteroatoms. The molecule has 2 aromatic heterocycles. The number of carbonyl (C=O) groups excluding carboxylic acids is 1. The van der Waals surface area contributed by atoms with Crippen LogP contribution < -0.4 is 20.7 Å². The molecule has 32 heavy (non-hydrogen) atoms. The largest absolute Gasteiger partial charge is 0.366 e. The Morgan fingerprint density at radius 1 is 1.00 bits per heavy atom. The Bertz CT molecular complexity index is 1120. The molecule has 0 bridgehead atoms. The molecule has 2 N–H and O–H groups in total. The van der Waals surface area contributed by atoms with Crippen molar-refractivity contribution in [3.63, 3.8) is 0 Å². The first kappa shape index (κ1) is 20.9. The molecule has 1 aromatic carbocycles. The second-order valence-corrected chi connectivity index (χ2v) is 6.87. The topological polar surface area (TPSA) is 129 Å². The summed E-state index contributed by atoms with van der Waals surface area (Å²) < 4.78 is 14.1. The predicted molar refractivity (Wildman–Crippen MR) is 115 cm³/mol. The fraction of sp³-hybridized carbons (Fsp3) is 0.200. The van der Waals surface area contributed by atoms with Crippen LogP contribution in [0.15, 0.2) is 55.0 Å². The summed E-state index contributed by atoms with van der Waals surface area (Å²) in [6.45, 7) is 1.71. The fourth-order valence-corrected chi connectivity index (χ4v) is 3.40. The van der Waals surface area contributed by atoms with E-state index in [-0.39, 0.29) is 28.8 Å². The van der Waals surface area contributed by atoms with Crippen LogP contribution >= 0.6 is 0 Å². The zero-order valence-corrected chi connectivity index (χ0v) is 16.8. The number of amides is 1. The van der Waals surface area contributed by atoms with E-state index in [2.05, 4.69) is 25.8 Å². The number of aromatic nitrogens is 3. The van der Waals surface area contributed by atoms with E-state index in [0.717, 1.165) is 0 Å². The van der Waals surface area contributed by atoms with Gasteiger partial charge in [-0.15, -0.1) is 0 Å². The number of halogens is 1. The van der Waals surface area contributed by atoms with Crippen LogP contribution in [0.4, 0.5) is 27.4 Å². The van der Waals surface area contributed by atoms with E-state index < -0.39 is 10.8 Å². The molecule has 11 nitrogen and oxygen atoms in total. The number of carbonyl (C=O) groups is 1. The van der Waals surface area contributed by atoms with E-state index in [1.165, 1.54) is 24.7 Å². The Balaban J connectivity index is 1.49. The van der Waals surface area contributed by atoms with E-state index in [1.807, 2.05) is 4.90 Å². The predicted octanol–water partition coefficient (Wildman–Crippen LogP) is 2.00. The molecular formula is C20H19FN8O3. The maximum atomic E-state index is 14.1. The SMILES string of the molecule is O=C(NNc1ncnc(N2CCN(c3ccccc3F)CC2)c1[N+](=O)[O-])c1ccccn1. The summed E-state index contributed by atoms with van der Waals surface area (Å²) >= 11 is 0. The van der Waals surface area contributed by atoms with Gasteiger partial charge in [-0.2, -0.15) is 0 Å². The van der Waals surface area contributed by atoms with Crippen molar-refractivity contribution < 1.29 is 14.1 Å². The summed E-state index contributed by atoms with van der Waals surface area (Å²) in [6, 6.07) is 11.3. The van der Waals surface area contributed by atoms with Crippen molar-refractivity contribution in [2.24, 2.45) is 0 Å². The molecule has 1 saturated heterocycles. The van der Waals surface area contributed by atoms with E-state index >= 15 is 0 Å². The number of nitrogens with zero attached hydrogens (tertiary/aromatic N) is 6. The highest BCUT2D eigenvalue weighted by Crippen LogP contribution is 2.32. The summed E-state index contributed by atoms with van der Waals surface area (Å²) in [5, 5.41) is 11.8. The van der Waals surface area contributed by atoms with E-state index in [4.69, 9.17) is 0 Å². The van der Waals surface area contributed by atoms with Crippen LogP contribution in [0.5, 0.6) is 0 Å². The van der Waals surface area contributed by atoms with Crippen LogP contribution in [0.25, 0.3) is 0 Å². The van der Waals surface area contributed by atoms with Gasteiger partial charge in [0, 0.05) is 32.4 Å². The molecule has 0 saturated carbocycles. The molecule has 1 aliphatic rings. The fourth-order valence-electron chi connectivity index (χ4n) is 3.40. The maximum Gasteiger partial charge on any atom is 0.355 e. The zero-order valence-electron chi connectivity index (χ0n) is 16.8. The molecule has 3 aromatic rings. The van der Waals surface area contributed by atoms with Crippen molar-refractivity contribution in [1.29, 1.82) is 0 Å². The molecule has 1 amide bonds. The van der Waals surface area contributed by atoms with Crippen molar-refractivity contribution in [2.75, 3.05) is 41.4 Å². The quantitative estimate of drug-likeness (QED) is 0.438. The Hall–Kier alpha value is -4.35. The lowest BCUT2D eigenvalue weighted by Crippen LogP contribution is -2.47. The Kier molecular flexibility index (Phi) is 6.01. The number of para-hydroxylation sites is 1. The van der Waals surface area contributed by atoms with Crippen molar-refractivity contribution >= 4 is 28.9 Å². The van der Waals surface area contributed by atoms with Gasteiger partial charge in [0.1, 0.15) is 17.8 Å². The highest BCUT2D eigenvalue weighted by Gasteiger charge is 2.30. The first-order valence-electron chi connectivity index (χ1n) is 9.76. The molecule has 0 atom stereocenters. The highest BCUT2D eigenvalue weighted by molar-refractivity contribution is 5.93. The van der Waals surface area contributed by atoms with Gasteiger partial charge >= 0.3 is 5.69 Å². The Morgan fingerprint density at radius 2 is 1.72 bits per heavy atom. The van der Waals surface area contributed by atoms with Crippen LogP contribution in [0.1, 0.15) is 10.5 Å². The number of hydrogen-bond donors (Lipinski definition) is 2. The van der Waals surface area contributed by atoms with Crippen LogP contribution in [-0.4, -0.2) is 52.0 Å². The molecule has 0 unspecified atom stereocenters. The minimum absolute atomic E-state index is 0.118. The summed E-state index contributed by atoms with van der Waals surface area (Å²) in [4.78, 5) is 38.9. The first-order chi connectivity index (χ1) is 15.5. The molecule has 0 spiro atoms. The lowest BCUT2D eigenvalue weighted by molar-refractivity contribution is -0.383. The van der Waals surface area contributed by atoms with Crippen LogP contribution in [0.3, 0.4) is 0 Å². The zero-order chi connectivity index (χ0) is 22.5. The van der Waals surface area contributed by atoms with Crippen LogP contribution in [0.2, 0.25) is 0 Å². The Morgan fingerprint density at radius 3 is 2.41 bits per heavy atom. The number of rotatable bonds is 6. The number of pyridine rings is 1. The number of hydrogen-bond acceptors (Lipinski definition) is 9. The van der Waals surface area contributed by atoms with Crippen LogP contribution in [-0.2, 0) is 0 Å². The minimum Gasteiger partial charge on any atom is -0.366 e. The third-order valence-corrected chi connectivity index (χ3v) is 4.95. The number of nitro groups is 1. The summed E-state index contributed by atoms with van der Waals surface area (Å²) in [7, 11) is 0. The molecule has 3 heterocycles. The second kappa shape index (κ2) is 9.20.